The third kappa shape index (κ3) is 4.66. The van der Waals surface area contributed by atoms with E-state index in [9.17, 15) is 13.2 Å². The smallest absolute Gasteiger partial charge is 0.255 e. The Labute approximate surface area is 162 Å². The van der Waals surface area contributed by atoms with E-state index in [1.165, 1.54) is 24.3 Å². The maximum Gasteiger partial charge on any atom is 0.255 e. The maximum atomic E-state index is 12.6. The van der Waals surface area contributed by atoms with Crippen LogP contribution in [0.4, 0.5) is 5.69 Å². The average molecular weight is 398 g/mol. The van der Waals surface area contributed by atoms with Gasteiger partial charge >= 0.3 is 0 Å². The average Bonchev–Trinajstić information content (AvgIpc) is 2.69. The van der Waals surface area contributed by atoms with Gasteiger partial charge in [0.2, 0.25) is 5.88 Å². The third-order valence-electron chi connectivity index (χ3n) is 3.82. The number of ether oxygens (including phenoxy) is 2. The summed E-state index contributed by atoms with van der Waals surface area (Å²) in [6.45, 7) is 0. The lowest BCUT2D eigenvalue weighted by molar-refractivity contribution is 0.102. The van der Waals surface area contributed by atoms with Crippen LogP contribution in [0, 0.1) is 0 Å². The van der Waals surface area contributed by atoms with Crippen LogP contribution in [-0.2, 0) is 9.84 Å². The molecule has 1 aromatic heterocycles. The van der Waals surface area contributed by atoms with Gasteiger partial charge in [-0.05, 0) is 54.6 Å². The number of hydrogen-bond donors (Lipinski definition) is 1. The molecule has 3 rings (SSSR count). The fraction of sp³-hybridized carbons (Fsp3) is 0.100. The number of nitrogens with one attached hydrogen (secondary N) is 1. The van der Waals surface area contributed by atoms with Crippen LogP contribution in [0.15, 0.2) is 71.8 Å². The van der Waals surface area contributed by atoms with Crippen LogP contribution in [0.5, 0.6) is 17.4 Å². The summed E-state index contributed by atoms with van der Waals surface area (Å²) in [5, 5.41) is 2.70. The number of sulfone groups is 1. The SMILES string of the molecule is COc1ccc(Oc2ncccc2NC(=O)c2cccc(S(C)(=O)=O)c2)cc1. The molecule has 0 unspecified atom stereocenters. The van der Waals surface area contributed by atoms with Crippen LogP contribution in [0.3, 0.4) is 0 Å². The normalized spacial score (nSPS) is 10.9. The van der Waals surface area contributed by atoms with E-state index in [4.69, 9.17) is 9.47 Å². The number of amides is 1. The van der Waals surface area contributed by atoms with Crippen molar-refractivity contribution in [1.29, 1.82) is 0 Å². The van der Waals surface area contributed by atoms with Crippen molar-refractivity contribution in [3.8, 4) is 17.4 Å². The molecule has 0 aliphatic rings. The van der Waals surface area contributed by atoms with Crippen molar-refractivity contribution in [3.05, 3.63) is 72.4 Å². The zero-order valence-corrected chi connectivity index (χ0v) is 16.1. The Morgan fingerprint density at radius 3 is 2.39 bits per heavy atom. The molecule has 3 aromatic rings. The highest BCUT2D eigenvalue weighted by molar-refractivity contribution is 7.90. The number of rotatable bonds is 6. The lowest BCUT2D eigenvalue weighted by atomic mass is 10.2. The Hall–Kier alpha value is -3.39. The van der Waals surface area contributed by atoms with E-state index in [1.807, 2.05) is 0 Å². The number of carbonyl (C=O) groups excluding carboxylic acids is 1. The minimum atomic E-state index is -3.41. The van der Waals surface area contributed by atoms with E-state index < -0.39 is 15.7 Å². The lowest BCUT2D eigenvalue weighted by Crippen LogP contribution is -2.13. The monoisotopic (exact) mass is 398 g/mol. The van der Waals surface area contributed by atoms with Gasteiger partial charge in [0.15, 0.2) is 9.84 Å². The van der Waals surface area contributed by atoms with E-state index >= 15 is 0 Å². The summed E-state index contributed by atoms with van der Waals surface area (Å²) in [6, 6.07) is 16.0. The molecule has 0 saturated carbocycles. The first-order chi connectivity index (χ1) is 13.4. The van der Waals surface area contributed by atoms with Crippen molar-refractivity contribution < 1.29 is 22.7 Å². The molecule has 1 amide bonds. The van der Waals surface area contributed by atoms with Crippen LogP contribution >= 0.6 is 0 Å². The van der Waals surface area contributed by atoms with Crippen molar-refractivity contribution >= 4 is 21.4 Å². The first-order valence-corrected chi connectivity index (χ1v) is 10.1. The Morgan fingerprint density at radius 1 is 1.00 bits per heavy atom. The number of benzene rings is 2. The first kappa shape index (κ1) is 19.4. The molecule has 0 saturated heterocycles. The fourth-order valence-corrected chi connectivity index (χ4v) is 3.05. The van der Waals surface area contributed by atoms with E-state index in [1.54, 1.807) is 49.7 Å². The molecule has 144 valence electrons. The molecule has 0 fully saturated rings. The molecule has 0 spiro atoms. The van der Waals surface area contributed by atoms with Gasteiger partial charge in [-0.25, -0.2) is 13.4 Å². The predicted molar refractivity (Wildman–Crippen MR) is 105 cm³/mol. The van der Waals surface area contributed by atoms with Gasteiger partial charge in [-0.2, -0.15) is 0 Å². The van der Waals surface area contributed by atoms with E-state index in [2.05, 4.69) is 10.3 Å². The van der Waals surface area contributed by atoms with Crippen LogP contribution in [0.1, 0.15) is 10.4 Å². The Balaban J connectivity index is 1.82. The largest absolute Gasteiger partial charge is 0.497 e. The van der Waals surface area contributed by atoms with Gasteiger partial charge < -0.3 is 14.8 Å². The zero-order valence-electron chi connectivity index (χ0n) is 15.2. The summed E-state index contributed by atoms with van der Waals surface area (Å²) in [5.74, 6) is 0.945. The minimum absolute atomic E-state index is 0.0704. The number of aromatic nitrogens is 1. The van der Waals surface area contributed by atoms with Gasteiger partial charge in [0.1, 0.15) is 17.2 Å². The Bertz CT molecular complexity index is 1100. The first-order valence-electron chi connectivity index (χ1n) is 8.25. The molecule has 28 heavy (non-hydrogen) atoms. The highest BCUT2D eigenvalue weighted by Crippen LogP contribution is 2.28. The lowest BCUT2D eigenvalue weighted by Gasteiger charge is -2.11. The van der Waals surface area contributed by atoms with Gasteiger partial charge in [-0.3, -0.25) is 4.79 Å². The molecule has 1 N–H and O–H groups in total. The molecule has 0 aliphatic carbocycles. The van der Waals surface area contributed by atoms with Crippen molar-refractivity contribution in [2.24, 2.45) is 0 Å². The molecule has 8 heteroatoms. The molecule has 0 radical (unpaired) electrons. The second-order valence-corrected chi connectivity index (χ2v) is 7.90. The second-order valence-electron chi connectivity index (χ2n) is 5.89. The maximum absolute atomic E-state index is 12.6. The Morgan fingerprint density at radius 2 is 1.71 bits per heavy atom. The van der Waals surface area contributed by atoms with Crippen LogP contribution in [0.25, 0.3) is 0 Å². The molecule has 1 heterocycles. The predicted octanol–water partition coefficient (Wildman–Crippen LogP) is 3.54. The number of methoxy groups -OCH3 is 1. The number of pyridine rings is 1. The van der Waals surface area contributed by atoms with Crippen LogP contribution in [0.2, 0.25) is 0 Å². The third-order valence-corrected chi connectivity index (χ3v) is 4.93. The number of hydrogen-bond acceptors (Lipinski definition) is 6. The highest BCUT2D eigenvalue weighted by Gasteiger charge is 2.14. The minimum Gasteiger partial charge on any atom is -0.497 e. The van der Waals surface area contributed by atoms with Crippen molar-refractivity contribution in [3.63, 3.8) is 0 Å². The van der Waals surface area contributed by atoms with E-state index in [0.717, 1.165) is 6.26 Å². The van der Waals surface area contributed by atoms with Gasteiger partial charge in [-0.15, -0.1) is 0 Å². The molecular weight excluding hydrogens is 380 g/mol. The van der Waals surface area contributed by atoms with Gasteiger partial charge in [0.25, 0.3) is 5.91 Å². The number of carbonyl (C=O) groups is 1. The van der Waals surface area contributed by atoms with Crippen molar-refractivity contribution in [1.82, 2.24) is 4.98 Å². The molecule has 0 bridgehead atoms. The molecule has 0 atom stereocenters. The molecule has 0 aliphatic heterocycles. The highest BCUT2D eigenvalue weighted by atomic mass is 32.2. The van der Waals surface area contributed by atoms with Gasteiger partial charge in [-0.1, -0.05) is 6.07 Å². The fourth-order valence-electron chi connectivity index (χ4n) is 2.39. The van der Waals surface area contributed by atoms with Crippen LogP contribution < -0.4 is 14.8 Å². The summed E-state index contributed by atoms with van der Waals surface area (Å²) in [6.07, 6.45) is 2.63. The number of anilines is 1. The summed E-state index contributed by atoms with van der Waals surface area (Å²) in [5.41, 5.74) is 0.565. The number of nitrogens with zero attached hydrogens (tertiary/aromatic N) is 1. The summed E-state index contributed by atoms with van der Waals surface area (Å²) in [7, 11) is -1.84. The topological polar surface area (TPSA) is 94.6 Å². The van der Waals surface area contributed by atoms with Gasteiger partial charge in [0, 0.05) is 18.0 Å². The molecular formula is C20H18N2O5S. The zero-order chi connectivity index (χ0) is 20.1. The standard InChI is InChI=1S/C20H18N2O5S/c1-26-15-8-10-16(11-9-15)27-20-18(7-4-12-21-20)22-19(23)14-5-3-6-17(13-14)28(2,24)25/h3-13H,1-2H3,(H,22,23). The summed E-state index contributed by atoms with van der Waals surface area (Å²) >= 11 is 0. The van der Waals surface area contributed by atoms with Crippen molar-refractivity contribution in [2.75, 3.05) is 18.7 Å². The Kier molecular flexibility index (Phi) is 5.60. The van der Waals surface area contributed by atoms with Gasteiger partial charge in [0.05, 0.1) is 12.0 Å². The van der Waals surface area contributed by atoms with Crippen molar-refractivity contribution in [2.45, 2.75) is 4.90 Å². The quantitative estimate of drug-likeness (QED) is 0.682. The summed E-state index contributed by atoms with van der Waals surface area (Å²) < 4.78 is 34.3. The molecule has 2 aromatic carbocycles. The van der Waals surface area contributed by atoms with E-state index in [0.29, 0.717) is 17.2 Å². The molecule has 7 nitrogen and oxygen atoms in total. The van der Waals surface area contributed by atoms with E-state index in [-0.39, 0.29) is 16.3 Å². The second kappa shape index (κ2) is 8.10. The summed E-state index contributed by atoms with van der Waals surface area (Å²) in [4.78, 5) is 16.8. The van der Waals surface area contributed by atoms with Crippen LogP contribution in [-0.4, -0.2) is 32.7 Å².